The molecule has 0 amide bonds. The zero-order chi connectivity index (χ0) is 22.4. The van der Waals surface area contributed by atoms with Crippen molar-refractivity contribution in [2.24, 2.45) is 11.8 Å². The molecule has 1 fully saturated rings. The van der Waals surface area contributed by atoms with E-state index in [0.717, 1.165) is 43.7 Å². The molecule has 0 aromatic heterocycles. The standard InChI is InChI=1S/C25H29F3O3/c1-2-3-4-5-16-6-8-17(9-7-16)15-31-22-13-10-18(25(29)30)14-20(22)19-11-12-21(26)24(28)23(19)27/h10-14,16-17H,2-9,15H2,1H3,(H,29,30)/p-1. The van der Waals surface area contributed by atoms with E-state index in [1.54, 1.807) is 0 Å². The van der Waals surface area contributed by atoms with Crippen LogP contribution in [0.3, 0.4) is 0 Å². The SMILES string of the molecule is CCCCCC1CCC(COc2ccc(C(=O)[O-])cc2-c2ccc(F)c(F)c2F)CC1. The minimum absolute atomic E-state index is 0.0614. The largest absolute Gasteiger partial charge is 0.545 e. The van der Waals surface area contributed by atoms with Crippen molar-refractivity contribution in [1.82, 2.24) is 0 Å². The molecule has 6 heteroatoms. The lowest BCUT2D eigenvalue weighted by atomic mass is 9.80. The molecule has 1 saturated carbocycles. The van der Waals surface area contributed by atoms with Crippen LogP contribution in [-0.4, -0.2) is 12.6 Å². The molecular formula is C25H28F3O3-. The highest BCUT2D eigenvalue weighted by atomic mass is 19.2. The maximum atomic E-state index is 14.4. The highest BCUT2D eigenvalue weighted by Gasteiger charge is 2.23. The van der Waals surface area contributed by atoms with E-state index in [-0.39, 0.29) is 22.4 Å². The van der Waals surface area contributed by atoms with Gasteiger partial charge in [0.2, 0.25) is 0 Å². The second-order valence-electron chi connectivity index (χ2n) is 8.41. The summed E-state index contributed by atoms with van der Waals surface area (Å²) in [7, 11) is 0. The van der Waals surface area contributed by atoms with Crippen LogP contribution in [0, 0.1) is 29.3 Å². The van der Waals surface area contributed by atoms with Gasteiger partial charge in [-0.2, -0.15) is 0 Å². The summed E-state index contributed by atoms with van der Waals surface area (Å²) in [5.74, 6) is -4.40. The topological polar surface area (TPSA) is 49.4 Å². The Morgan fingerprint density at radius 2 is 1.68 bits per heavy atom. The van der Waals surface area contributed by atoms with Crippen molar-refractivity contribution < 1.29 is 27.8 Å². The predicted octanol–water partition coefficient (Wildman–Crippen LogP) is 5.90. The molecule has 0 spiro atoms. The first kappa shape index (κ1) is 23.2. The molecule has 0 radical (unpaired) electrons. The Morgan fingerprint density at radius 3 is 2.35 bits per heavy atom. The Labute approximate surface area is 181 Å². The average Bonchev–Trinajstić information content (AvgIpc) is 2.77. The molecule has 0 N–H and O–H groups in total. The zero-order valence-electron chi connectivity index (χ0n) is 17.8. The van der Waals surface area contributed by atoms with Crippen LogP contribution in [0.15, 0.2) is 30.3 Å². The van der Waals surface area contributed by atoms with Gasteiger partial charge in [-0.3, -0.25) is 0 Å². The van der Waals surface area contributed by atoms with Crippen LogP contribution in [-0.2, 0) is 0 Å². The van der Waals surface area contributed by atoms with E-state index in [2.05, 4.69) is 6.92 Å². The molecule has 1 aliphatic rings. The van der Waals surface area contributed by atoms with Crippen LogP contribution >= 0.6 is 0 Å². The summed E-state index contributed by atoms with van der Waals surface area (Å²) in [6.45, 7) is 2.61. The minimum atomic E-state index is -1.61. The van der Waals surface area contributed by atoms with Gasteiger partial charge in [0.1, 0.15) is 5.75 Å². The molecule has 1 aliphatic carbocycles. The van der Waals surface area contributed by atoms with Gasteiger partial charge in [-0.15, -0.1) is 0 Å². The average molecular weight is 433 g/mol. The third-order valence-corrected chi connectivity index (χ3v) is 6.20. The summed E-state index contributed by atoms with van der Waals surface area (Å²) in [4.78, 5) is 11.3. The summed E-state index contributed by atoms with van der Waals surface area (Å²) in [6.07, 6.45) is 9.45. The number of carboxylic acids is 1. The fourth-order valence-electron chi connectivity index (χ4n) is 4.30. The summed E-state index contributed by atoms with van der Waals surface area (Å²) in [5, 5.41) is 11.3. The number of halogens is 3. The van der Waals surface area contributed by atoms with E-state index in [9.17, 15) is 23.1 Å². The normalized spacial score (nSPS) is 18.7. The number of benzene rings is 2. The fourth-order valence-corrected chi connectivity index (χ4v) is 4.30. The summed E-state index contributed by atoms with van der Waals surface area (Å²) < 4.78 is 47.4. The van der Waals surface area contributed by atoms with Crippen LogP contribution in [0.2, 0.25) is 0 Å². The number of hydrogen-bond donors (Lipinski definition) is 0. The van der Waals surface area contributed by atoms with Gasteiger partial charge >= 0.3 is 0 Å². The number of hydrogen-bond acceptors (Lipinski definition) is 3. The van der Waals surface area contributed by atoms with E-state index in [4.69, 9.17) is 4.74 Å². The summed E-state index contributed by atoms with van der Waals surface area (Å²) >= 11 is 0. The lowest BCUT2D eigenvalue weighted by molar-refractivity contribution is -0.255. The molecular weight excluding hydrogens is 405 g/mol. The van der Waals surface area contributed by atoms with Crippen molar-refractivity contribution in [3.63, 3.8) is 0 Å². The van der Waals surface area contributed by atoms with Crippen LogP contribution in [0.25, 0.3) is 11.1 Å². The number of unbranched alkanes of at least 4 members (excludes halogenated alkanes) is 2. The third-order valence-electron chi connectivity index (χ3n) is 6.20. The molecule has 3 nitrogen and oxygen atoms in total. The minimum Gasteiger partial charge on any atom is -0.545 e. The van der Waals surface area contributed by atoms with E-state index >= 15 is 0 Å². The fraction of sp³-hybridized carbons (Fsp3) is 0.480. The van der Waals surface area contributed by atoms with E-state index < -0.39 is 23.4 Å². The molecule has 0 atom stereocenters. The first-order chi connectivity index (χ1) is 14.9. The van der Waals surface area contributed by atoms with Crippen LogP contribution < -0.4 is 9.84 Å². The Hall–Kier alpha value is -2.50. The lowest BCUT2D eigenvalue weighted by Crippen LogP contribution is -2.22. The van der Waals surface area contributed by atoms with E-state index in [1.807, 2.05) is 0 Å². The van der Waals surface area contributed by atoms with Crippen molar-refractivity contribution in [3.05, 3.63) is 53.3 Å². The van der Waals surface area contributed by atoms with Gasteiger partial charge in [-0.25, -0.2) is 13.2 Å². The quantitative estimate of drug-likeness (QED) is 0.365. The monoisotopic (exact) mass is 433 g/mol. The smallest absolute Gasteiger partial charge is 0.195 e. The molecule has 0 saturated heterocycles. The summed E-state index contributed by atoms with van der Waals surface area (Å²) in [5.41, 5.74) is -0.387. The molecule has 31 heavy (non-hydrogen) atoms. The van der Waals surface area contributed by atoms with E-state index in [0.29, 0.717) is 12.5 Å². The molecule has 3 rings (SSSR count). The summed E-state index contributed by atoms with van der Waals surface area (Å²) in [6, 6.07) is 5.78. The van der Waals surface area contributed by atoms with Gasteiger partial charge in [0, 0.05) is 11.1 Å². The highest BCUT2D eigenvalue weighted by Crippen LogP contribution is 2.36. The Balaban J connectivity index is 1.72. The zero-order valence-corrected chi connectivity index (χ0v) is 17.8. The second kappa shape index (κ2) is 10.7. The maximum absolute atomic E-state index is 14.4. The van der Waals surface area contributed by atoms with Gasteiger partial charge in [0.15, 0.2) is 17.5 Å². The van der Waals surface area contributed by atoms with Crippen LogP contribution in [0.4, 0.5) is 13.2 Å². The number of aromatic carboxylic acids is 1. The van der Waals surface area contributed by atoms with Crippen molar-refractivity contribution in [3.8, 4) is 16.9 Å². The van der Waals surface area contributed by atoms with Crippen molar-refractivity contribution in [2.45, 2.75) is 58.3 Å². The Kier molecular flexibility index (Phi) is 7.99. The number of rotatable bonds is 9. The Morgan fingerprint density at radius 1 is 0.968 bits per heavy atom. The molecule has 2 aromatic rings. The molecule has 2 aromatic carbocycles. The van der Waals surface area contributed by atoms with Crippen LogP contribution in [0.1, 0.15) is 68.6 Å². The molecule has 0 heterocycles. The van der Waals surface area contributed by atoms with Crippen molar-refractivity contribution in [2.75, 3.05) is 6.61 Å². The maximum Gasteiger partial charge on any atom is 0.195 e. The Bertz CT molecular complexity index is 905. The third kappa shape index (κ3) is 5.81. The number of carbonyl (C=O) groups is 1. The van der Waals surface area contributed by atoms with Gasteiger partial charge in [-0.05, 0) is 60.6 Å². The highest BCUT2D eigenvalue weighted by molar-refractivity contribution is 5.89. The van der Waals surface area contributed by atoms with Crippen LogP contribution in [0.5, 0.6) is 5.75 Å². The first-order valence-electron chi connectivity index (χ1n) is 11.0. The predicted molar refractivity (Wildman–Crippen MR) is 111 cm³/mol. The lowest BCUT2D eigenvalue weighted by Gasteiger charge is -2.28. The number of ether oxygens (including phenoxy) is 1. The molecule has 0 aliphatic heterocycles. The van der Waals surface area contributed by atoms with E-state index in [1.165, 1.54) is 43.9 Å². The van der Waals surface area contributed by atoms with Gasteiger partial charge in [0.25, 0.3) is 0 Å². The van der Waals surface area contributed by atoms with Crippen molar-refractivity contribution in [1.29, 1.82) is 0 Å². The molecule has 0 bridgehead atoms. The van der Waals surface area contributed by atoms with Gasteiger partial charge in [0.05, 0.1) is 12.6 Å². The molecule has 0 unspecified atom stereocenters. The number of carboxylic acid groups (broad SMARTS) is 1. The number of carbonyl (C=O) groups excluding carboxylic acids is 1. The molecule has 168 valence electrons. The van der Waals surface area contributed by atoms with Gasteiger partial charge < -0.3 is 14.6 Å². The van der Waals surface area contributed by atoms with Gasteiger partial charge in [-0.1, -0.05) is 45.4 Å². The second-order valence-corrected chi connectivity index (χ2v) is 8.41. The first-order valence-corrected chi connectivity index (χ1v) is 11.0. The van der Waals surface area contributed by atoms with Crippen molar-refractivity contribution >= 4 is 5.97 Å².